The number of nitrogens with two attached hydrogens (primary N) is 1. The van der Waals surface area contributed by atoms with Crippen molar-refractivity contribution in [3.05, 3.63) is 23.8 Å². The number of nitrogens with zero attached hydrogens (tertiary/aromatic N) is 1. The molecule has 0 bridgehead atoms. The lowest BCUT2D eigenvalue weighted by Gasteiger charge is -2.30. The summed E-state index contributed by atoms with van der Waals surface area (Å²) in [6, 6.07) is 4.22. The third kappa shape index (κ3) is 5.12. The van der Waals surface area contributed by atoms with Gasteiger partial charge in [0.25, 0.3) is 0 Å². The van der Waals surface area contributed by atoms with Gasteiger partial charge in [0.05, 0.1) is 16.9 Å². The lowest BCUT2D eigenvalue weighted by Crippen LogP contribution is -2.40. The molecule has 3 nitrogen and oxygen atoms in total. The van der Waals surface area contributed by atoms with Crippen LogP contribution in [0.25, 0.3) is 0 Å². The number of rotatable bonds is 6. The van der Waals surface area contributed by atoms with Crippen molar-refractivity contribution in [3.8, 4) is 0 Å². The summed E-state index contributed by atoms with van der Waals surface area (Å²) >= 11 is 0. The van der Waals surface area contributed by atoms with Crippen molar-refractivity contribution < 1.29 is 13.2 Å². The second kappa shape index (κ2) is 7.02. The first-order chi connectivity index (χ1) is 9.62. The van der Waals surface area contributed by atoms with Crippen LogP contribution in [0.2, 0.25) is 0 Å². The summed E-state index contributed by atoms with van der Waals surface area (Å²) in [4.78, 5) is 2.30. The van der Waals surface area contributed by atoms with Gasteiger partial charge in [-0.25, -0.2) is 0 Å². The highest BCUT2D eigenvalue weighted by Gasteiger charge is 2.30. The molecule has 0 spiro atoms. The lowest BCUT2D eigenvalue weighted by molar-refractivity contribution is -0.137. The number of hydrogen-bond acceptors (Lipinski definition) is 3. The van der Waals surface area contributed by atoms with Crippen molar-refractivity contribution in [1.82, 2.24) is 4.90 Å². The van der Waals surface area contributed by atoms with Gasteiger partial charge in [0.1, 0.15) is 0 Å². The van der Waals surface area contributed by atoms with E-state index in [0.717, 1.165) is 18.7 Å². The summed E-state index contributed by atoms with van der Waals surface area (Å²) in [5.74, 6) is 0. The first-order valence-electron chi connectivity index (χ1n) is 7.09. The molecule has 3 N–H and O–H groups in total. The molecule has 0 fully saturated rings. The molecule has 1 aromatic rings. The molecule has 120 valence electrons. The second-order valence-electron chi connectivity index (χ2n) is 5.65. The molecule has 0 unspecified atom stereocenters. The fourth-order valence-corrected chi connectivity index (χ4v) is 2.33. The fourth-order valence-electron chi connectivity index (χ4n) is 2.33. The van der Waals surface area contributed by atoms with Gasteiger partial charge in [0.15, 0.2) is 0 Å². The fraction of sp³-hybridized carbons (Fsp3) is 0.600. The highest BCUT2D eigenvalue weighted by Crippen LogP contribution is 2.32. The number of anilines is 2. The molecule has 0 aliphatic carbocycles. The zero-order valence-corrected chi connectivity index (χ0v) is 13.0. The van der Waals surface area contributed by atoms with Gasteiger partial charge in [-0.15, -0.1) is 0 Å². The maximum Gasteiger partial charge on any atom is 0.416 e. The normalized spacial score (nSPS) is 12.5. The Morgan fingerprint density at radius 3 is 2.14 bits per heavy atom. The molecule has 6 heteroatoms. The van der Waals surface area contributed by atoms with Gasteiger partial charge in [-0.2, -0.15) is 13.2 Å². The van der Waals surface area contributed by atoms with Crippen LogP contribution in [0.3, 0.4) is 0 Å². The zero-order valence-electron chi connectivity index (χ0n) is 13.0. The number of alkyl halides is 3. The molecule has 0 aliphatic rings. The van der Waals surface area contributed by atoms with Crippen molar-refractivity contribution in [2.24, 2.45) is 0 Å². The number of benzene rings is 1. The molecule has 0 aliphatic heterocycles. The number of nitrogen functional groups attached to an aromatic ring is 1. The Kier molecular flexibility index (Phi) is 5.89. The first-order valence-corrected chi connectivity index (χ1v) is 7.09. The summed E-state index contributed by atoms with van der Waals surface area (Å²) in [6.45, 7) is 9.90. The molecule has 1 rings (SSSR count). The Balaban J connectivity index is 2.64. The third-order valence-corrected chi connectivity index (χ3v) is 3.39. The topological polar surface area (TPSA) is 41.3 Å². The van der Waals surface area contributed by atoms with E-state index in [2.05, 4.69) is 37.9 Å². The molecule has 21 heavy (non-hydrogen) atoms. The van der Waals surface area contributed by atoms with Gasteiger partial charge in [0.2, 0.25) is 0 Å². The van der Waals surface area contributed by atoms with Crippen molar-refractivity contribution in [2.45, 2.75) is 46.0 Å². The summed E-state index contributed by atoms with van der Waals surface area (Å²) in [5.41, 5.74) is 5.61. The molecule has 0 aromatic heterocycles. The van der Waals surface area contributed by atoms with Crippen molar-refractivity contribution in [2.75, 3.05) is 24.1 Å². The van der Waals surface area contributed by atoms with Crippen LogP contribution in [0.1, 0.15) is 33.3 Å². The first kappa shape index (κ1) is 17.6. The molecule has 0 amide bonds. The van der Waals surface area contributed by atoms with Crippen LogP contribution < -0.4 is 11.1 Å². The maximum atomic E-state index is 12.6. The third-order valence-electron chi connectivity index (χ3n) is 3.39. The Bertz CT molecular complexity index is 448. The molecule has 0 atom stereocenters. The van der Waals surface area contributed by atoms with E-state index in [1.165, 1.54) is 6.07 Å². The molecule has 0 saturated heterocycles. The highest BCUT2D eigenvalue weighted by atomic mass is 19.4. The number of nitrogens with one attached hydrogen (secondary N) is 1. The quantitative estimate of drug-likeness (QED) is 0.785. The summed E-state index contributed by atoms with van der Waals surface area (Å²) < 4.78 is 37.7. The van der Waals surface area contributed by atoms with Gasteiger partial charge in [-0.05, 0) is 45.9 Å². The molecule has 0 saturated carbocycles. The van der Waals surface area contributed by atoms with E-state index in [9.17, 15) is 13.2 Å². The van der Waals surface area contributed by atoms with Crippen molar-refractivity contribution in [3.63, 3.8) is 0 Å². The predicted octanol–water partition coefficient (Wildman–Crippen LogP) is 3.82. The summed E-state index contributed by atoms with van der Waals surface area (Å²) in [7, 11) is 0. The molecular weight excluding hydrogens is 279 g/mol. The molecule has 1 aromatic carbocycles. The van der Waals surface area contributed by atoms with E-state index in [1.807, 2.05) is 0 Å². The Hall–Kier alpha value is -1.43. The van der Waals surface area contributed by atoms with Crippen LogP contribution in [-0.2, 0) is 6.18 Å². The minimum Gasteiger partial charge on any atom is -0.397 e. The van der Waals surface area contributed by atoms with Crippen LogP contribution in [0.4, 0.5) is 24.5 Å². The van der Waals surface area contributed by atoms with Crippen LogP contribution in [0, 0.1) is 0 Å². The predicted molar refractivity (Wildman–Crippen MR) is 81.3 cm³/mol. The average molecular weight is 303 g/mol. The minimum atomic E-state index is -4.36. The van der Waals surface area contributed by atoms with Crippen LogP contribution in [0.15, 0.2) is 18.2 Å². The van der Waals surface area contributed by atoms with E-state index < -0.39 is 11.7 Å². The van der Waals surface area contributed by atoms with Gasteiger partial charge in [-0.3, -0.25) is 4.90 Å². The second-order valence-corrected chi connectivity index (χ2v) is 5.65. The van der Waals surface area contributed by atoms with Crippen LogP contribution >= 0.6 is 0 Å². The van der Waals surface area contributed by atoms with Gasteiger partial charge >= 0.3 is 6.18 Å². The smallest absolute Gasteiger partial charge is 0.397 e. The Morgan fingerprint density at radius 2 is 1.71 bits per heavy atom. The van der Waals surface area contributed by atoms with E-state index in [1.54, 1.807) is 0 Å². The van der Waals surface area contributed by atoms with E-state index in [-0.39, 0.29) is 5.69 Å². The SMILES string of the molecule is CC(C)N(CCNc1ccc(C(F)(F)F)cc1N)C(C)C. The standard InChI is InChI=1S/C15H24F3N3/c1-10(2)21(11(3)4)8-7-20-14-6-5-12(9-13(14)19)15(16,17)18/h5-6,9-11,20H,7-8,19H2,1-4H3. The van der Waals surface area contributed by atoms with Gasteiger partial charge < -0.3 is 11.1 Å². The average Bonchev–Trinajstić information content (AvgIpc) is 2.33. The molecule has 0 radical (unpaired) electrons. The molecular formula is C15H24F3N3. The van der Waals surface area contributed by atoms with Crippen molar-refractivity contribution in [1.29, 1.82) is 0 Å². The number of halogens is 3. The van der Waals surface area contributed by atoms with Gasteiger partial charge in [-0.1, -0.05) is 0 Å². The van der Waals surface area contributed by atoms with Gasteiger partial charge in [0, 0.05) is 25.2 Å². The van der Waals surface area contributed by atoms with Crippen LogP contribution in [-0.4, -0.2) is 30.1 Å². The minimum absolute atomic E-state index is 0.116. The maximum absolute atomic E-state index is 12.6. The monoisotopic (exact) mass is 303 g/mol. The van der Waals surface area contributed by atoms with Crippen molar-refractivity contribution >= 4 is 11.4 Å². The summed E-state index contributed by atoms with van der Waals surface area (Å²) in [6.07, 6.45) is -4.36. The lowest BCUT2D eigenvalue weighted by atomic mass is 10.1. The van der Waals surface area contributed by atoms with E-state index in [4.69, 9.17) is 5.73 Å². The number of hydrogen-bond donors (Lipinski definition) is 2. The van der Waals surface area contributed by atoms with E-state index in [0.29, 0.717) is 24.3 Å². The summed E-state index contributed by atoms with van der Waals surface area (Å²) in [5, 5.41) is 3.10. The van der Waals surface area contributed by atoms with Crippen LogP contribution in [0.5, 0.6) is 0 Å². The van der Waals surface area contributed by atoms with E-state index >= 15 is 0 Å². The highest BCUT2D eigenvalue weighted by molar-refractivity contribution is 5.67. The molecule has 0 heterocycles. The Labute approximate surface area is 124 Å². The zero-order chi connectivity index (χ0) is 16.2. The Morgan fingerprint density at radius 1 is 1.14 bits per heavy atom. The largest absolute Gasteiger partial charge is 0.416 e.